The van der Waals surface area contributed by atoms with Crippen LogP contribution in [0.2, 0.25) is 0 Å². The number of carbonyl (C=O) groups excluding carboxylic acids is 1. The molecule has 1 saturated heterocycles. The minimum atomic E-state index is -0.237. The van der Waals surface area contributed by atoms with E-state index in [4.69, 9.17) is 14.7 Å². The monoisotopic (exact) mass is 422 g/mol. The van der Waals surface area contributed by atoms with Crippen LogP contribution >= 0.6 is 0 Å². The largest absolute Gasteiger partial charge is 0.388 e. The molecule has 7 nitrogen and oxygen atoms in total. The van der Waals surface area contributed by atoms with Gasteiger partial charge in [-0.2, -0.15) is 0 Å². The molecule has 7 rings (SSSR count). The van der Waals surface area contributed by atoms with Crippen LogP contribution in [0, 0.1) is 5.92 Å². The number of aromatic nitrogens is 2. The topological polar surface area (TPSA) is 76.9 Å². The SMILES string of the molecule is O=C(c1ccc2ccccc2n1)N1O[C@H]2C[C@@H]1[C@@H]1C(c3ccc4ccccc4n3)=NO[C@@H]12. The second-order valence-electron chi connectivity index (χ2n) is 8.43. The molecule has 0 N–H and O–H groups in total. The summed E-state index contributed by atoms with van der Waals surface area (Å²) in [5, 5.41) is 7.91. The van der Waals surface area contributed by atoms with E-state index in [9.17, 15) is 4.79 Å². The first-order valence-corrected chi connectivity index (χ1v) is 10.7. The van der Waals surface area contributed by atoms with Gasteiger partial charge in [0.15, 0.2) is 6.10 Å². The van der Waals surface area contributed by atoms with Gasteiger partial charge in [0.05, 0.1) is 28.7 Å². The third-order valence-electron chi connectivity index (χ3n) is 6.63. The maximum absolute atomic E-state index is 13.3. The number of pyridine rings is 2. The van der Waals surface area contributed by atoms with E-state index in [1.54, 1.807) is 6.07 Å². The Labute approximate surface area is 183 Å². The van der Waals surface area contributed by atoms with Crippen LogP contribution in [0.25, 0.3) is 21.8 Å². The van der Waals surface area contributed by atoms with Crippen molar-refractivity contribution in [2.45, 2.75) is 24.7 Å². The Kier molecular flexibility index (Phi) is 3.66. The van der Waals surface area contributed by atoms with Gasteiger partial charge < -0.3 is 4.84 Å². The summed E-state index contributed by atoms with van der Waals surface area (Å²) in [5.74, 6) is -0.314. The van der Waals surface area contributed by atoms with Crippen LogP contribution in [0.5, 0.6) is 0 Å². The van der Waals surface area contributed by atoms with Crippen LogP contribution < -0.4 is 0 Å². The number of fused-ring (bicyclic) bond motifs is 7. The van der Waals surface area contributed by atoms with E-state index in [1.165, 1.54) is 5.06 Å². The summed E-state index contributed by atoms with van der Waals surface area (Å²) in [4.78, 5) is 34.4. The molecule has 7 heteroatoms. The van der Waals surface area contributed by atoms with E-state index in [0.29, 0.717) is 12.1 Å². The summed E-state index contributed by atoms with van der Waals surface area (Å²) in [5.41, 5.74) is 3.62. The zero-order valence-electron chi connectivity index (χ0n) is 17.0. The molecular weight excluding hydrogens is 404 g/mol. The lowest BCUT2D eigenvalue weighted by Gasteiger charge is -2.32. The lowest BCUT2D eigenvalue weighted by atomic mass is 9.92. The molecule has 4 aromatic rings. The summed E-state index contributed by atoms with van der Waals surface area (Å²) < 4.78 is 0. The molecular formula is C25H18N4O3. The highest BCUT2D eigenvalue weighted by atomic mass is 16.7. The second-order valence-corrected chi connectivity index (χ2v) is 8.43. The highest BCUT2D eigenvalue weighted by Gasteiger charge is 2.61. The summed E-state index contributed by atoms with van der Waals surface area (Å²) in [6.07, 6.45) is 0.300. The molecule has 2 aliphatic heterocycles. The first-order chi connectivity index (χ1) is 15.8. The average Bonchev–Trinajstić information content (AvgIpc) is 3.56. The van der Waals surface area contributed by atoms with Crippen molar-refractivity contribution in [3.63, 3.8) is 0 Å². The maximum Gasteiger partial charge on any atom is 0.296 e. The maximum atomic E-state index is 13.3. The predicted octanol–water partition coefficient (Wildman–Crippen LogP) is 3.73. The molecule has 0 radical (unpaired) electrons. The van der Waals surface area contributed by atoms with Gasteiger partial charge in [-0.15, -0.1) is 0 Å². The lowest BCUT2D eigenvalue weighted by molar-refractivity contribution is -0.196. The Bertz CT molecular complexity index is 1440. The number of para-hydroxylation sites is 2. The Balaban J connectivity index is 1.21. The molecule has 4 atom stereocenters. The summed E-state index contributed by atoms with van der Waals surface area (Å²) in [6.45, 7) is 0. The van der Waals surface area contributed by atoms with Crippen molar-refractivity contribution in [1.82, 2.24) is 15.0 Å². The third kappa shape index (κ3) is 2.51. The van der Waals surface area contributed by atoms with Gasteiger partial charge in [0.25, 0.3) is 5.91 Å². The van der Waals surface area contributed by atoms with Crippen molar-refractivity contribution in [2.75, 3.05) is 0 Å². The molecule has 0 spiro atoms. The van der Waals surface area contributed by atoms with Crippen LogP contribution in [0.4, 0.5) is 0 Å². The number of hydroxylamine groups is 2. The zero-order valence-corrected chi connectivity index (χ0v) is 17.0. The number of rotatable bonds is 2. The quantitative estimate of drug-likeness (QED) is 0.492. The number of nitrogens with zero attached hydrogens (tertiary/aromatic N) is 4. The van der Waals surface area contributed by atoms with E-state index >= 15 is 0 Å². The third-order valence-corrected chi connectivity index (χ3v) is 6.63. The van der Waals surface area contributed by atoms with Gasteiger partial charge in [0.1, 0.15) is 17.5 Å². The number of amides is 1. The molecule has 2 bridgehead atoms. The summed E-state index contributed by atoms with van der Waals surface area (Å²) in [7, 11) is 0. The molecule has 156 valence electrons. The van der Waals surface area contributed by atoms with Crippen molar-refractivity contribution in [2.24, 2.45) is 11.1 Å². The summed E-state index contributed by atoms with van der Waals surface area (Å²) >= 11 is 0. The second kappa shape index (κ2) is 6.58. The molecule has 1 saturated carbocycles. The molecule has 2 aromatic heterocycles. The highest BCUT2D eigenvalue weighted by Crippen LogP contribution is 2.46. The van der Waals surface area contributed by atoms with E-state index in [-0.39, 0.29) is 30.1 Å². The molecule has 32 heavy (non-hydrogen) atoms. The fraction of sp³-hybridized carbons (Fsp3) is 0.200. The van der Waals surface area contributed by atoms with Crippen molar-refractivity contribution in [3.05, 3.63) is 84.2 Å². The van der Waals surface area contributed by atoms with Gasteiger partial charge in [-0.05, 0) is 24.3 Å². The number of hydrogen-bond donors (Lipinski definition) is 0. The van der Waals surface area contributed by atoms with Gasteiger partial charge >= 0.3 is 0 Å². The molecule has 2 fully saturated rings. The standard InChI is InChI=1S/C25H18N4O3/c30-25(19-12-10-15-6-2-4-8-17(15)27-19)29-20-13-21(32-29)24-22(20)23(28-31-24)18-11-9-14-5-1-3-7-16(14)26-18/h1-12,20-22,24H,13H2/t20-,21+,22-,24-/m1/s1. The van der Waals surface area contributed by atoms with Crippen LogP contribution in [0.3, 0.4) is 0 Å². The molecule has 4 heterocycles. The number of oxime groups is 1. The minimum Gasteiger partial charge on any atom is -0.388 e. The van der Waals surface area contributed by atoms with E-state index in [2.05, 4.69) is 10.1 Å². The number of hydrogen-bond acceptors (Lipinski definition) is 6. The minimum absolute atomic E-state index is 0.0770. The average molecular weight is 422 g/mol. The Morgan fingerprint density at radius 3 is 2.41 bits per heavy atom. The predicted molar refractivity (Wildman–Crippen MR) is 118 cm³/mol. The Hall–Kier alpha value is -3.84. The van der Waals surface area contributed by atoms with Crippen LogP contribution in [0.1, 0.15) is 22.6 Å². The van der Waals surface area contributed by atoms with Crippen molar-refractivity contribution in [1.29, 1.82) is 0 Å². The van der Waals surface area contributed by atoms with Gasteiger partial charge in [-0.25, -0.2) is 15.0 Å². The number of carbonyl (C=O) groups is 1. The molecule has 2 aromatic carbocycles. The fourth-order valence-corrected chi connectivity index (χ4v) is 5.11. The lowest BCUT2D eigenvalue weighted by Crippen LogP contribution is -2.49. The van der Waals surface area contributed by atoms with Crippen molar-refractivity contribution >= 4 is 33.4 Å². The molecule has 3 aliphatic rings. The van der Waals surface area contributed by atoms with E-state index in [1.807, 2.05) is 66.7 Å². The zero-order chi connectivity index (χ0) is 21.2. The van der Waals surface area contributed by atoms with Gasteiger partial charge in [-0.1, -0.05) is 53.7 Å². The van der Waals surface area contributed by atoms with Crippen LogP contribution in [-0.2, 0) is 9.68 Å². The van der Waals surface area contributed by atoms with E-state index < -0.39 is 0 Å². The van der Waals surface area contributed by atoms with E-state index in [0.717, 1.165) is 33.2 Å². The molecule has 1 aliphatic carbocycles. The fourth-order valence-electron chi connectivity index (χ4n) is 5.11. The first kappa shape index (κ1) is 17.8. The Morgan fingerprint density at radius 1 is 0.875 bits per heavy atom. The first-order valence-electron chi connectivity index (χ1n) is 10.7. The Morgan fingerprint density at radius 2 is 1.59 bits per heavy atom. The van der Waals surface area contributed by atoms with Gasteiger partial charge in [0, 0.05) is 17.2 Å². The van der Waals surface area contributed by atoms with Gasteiger partial charge in [0.2, 0.25) is 0 Å². The molecule has 1 amide bonds. The highest BCUT2D eigenvalue weighted by molar-refractivity contribution is 6.04. The number of benzene rings is 2. The smallest absolute Gasteiger partial charge is 0.296 e. The van der Waals surface area contributed by atoms with Crippen LogP contribution in [0.15, 0.2) is 78.0 Å². The van der Waals surface area contributed by atoms with Crippen molar-refractivity contribution < 1.29 is 14.5 Å². The normalized spacial score (nSPS) is 25.8. The van der Waals surface area contributed by atoms with Crippen LogP contribution in [-0.4, -0.2) is 44.9 Å². The summed E-state index contributed by atoms with van der Waals surface area (Å²) in [6, 6.07) is 23.2. The van der Waals surface area contributed by atoms with Gasteiger partial charge in [-0.3, -0.25) is 9.63 Å². The van der Waals surface area contributed by atoms with Crippen molar-refractivity contribution in [3.8, 4) is 0 Å². The molecule has 0 unspecified atom stereocenters.